The fourth-order valence-electron chi connectivity index (χ4n) is 2.36. The van der Waals surface area contributed by atoms with Gasteiger partial charge in [0.05, 0.1) is 25.4 Å². The number of benzene rings is 1. The second-order valence-corrected chi connectivity index (χ2v) is 5.06. The van der Waals surface area contributed by atoms with E-state index in [0.717, 1.165) is 0 Å². The highest BCUT2D eigenvalue weighted by Gasteiger charge is 2.26. The van der Waals surface area contributed by atoms with Gasteiger partial charge >= 0.3 is 0 Å². The first-order chi connectivity index (χ1) is 10.7. The predicted molar refractivity (Wildman–Crippen MR) is 84.0 cm³/mol. The van der Waals surface area contributed by atoms with Crippen LogP contribution < -0.4 is 20.7 Å². The number of hydrogen-bond acceptors (Lipinski definition) is 4. The maximum atomic E-state index is 13.7. The van der Waals surface area contributed by atoms with Crippen molar-refractivity contribution in [2.75, 3.05) is 32.1 Å². The Bertz CT molecular complexity index is 571. The Hall–Kier alpha value is -2.26. The number of hydrogen-bond donors (Lipinski definition) is 3. The van der Waals surface area contributed by atoms with E-state index in [1.807, 2.05) is 0 Å². The van der Waals surface area contributed by atoms with Gasteiger partial charge in [0.1, 0.15) is 11.9 Å². The lowest BCUT2D eigenvalue weighted by Crippen LogP contribution is -2.50. The quantitative estimate of drug-likeness (QED) is 0.715. The molecule has 1 aliphatic rings. The van der Waals surface area contributed by atoms with E-state index < -0.39 is 12.2 Å². The van der Waals surface area contributed by atoms with E-state index in [1.54, 1.807) is 18.2 Å². The number of halogens is 1. The molecule has 2 atom stereocenters. The number of rotatable bonds is 5. The van der Waals surface area contributed by atoms with Crippen LogP contribution >= 0.6 is 0 Å². The van der Waals surface area contributed by atoms with Gasteiger partial charge in [-0.15, -0.1) is 6.42 Å². The van der Waals surface area contributed by atoms with Gasteiger partial charge in [-0.3, -0.25) is 4.79 Å². The zero-order chi connectivity index (χ0) is 15.9. The van der Waals surface area contributed by atoms with Crippen LogP contribution in [0.5, 0.6) is 5.75 Å². The van der Waals surface area contributed by atoms with Crippen LogP contribution in [-0.2, 0) is 0 Å². The summed E-state index contributed by atoms with van der Waals surface area (Å²) < 4.78 is 19.0. The summed E-state index contributed by atoms with van der Waals surface area (Å²) in [6.07, 6.45) is 4.71. The molecule has 1 heterocycles. The van der Waals surface area contributed by atoms with Gasteiger partial charge in [-0.2, -0.15) is 0 Å². The van der Waals surface area contributed by atoms with Crippen LogP contribution in [0.3, 0.4) is 0 Å². The molecule has 1 fully saturated rings. The number of piperidine rings is 1. The van der Waals surface area contributed by atoms with E-state index in [0.29, 0.717) is 36.5 Å². The molecule has 0 bridgehead atoms. The van der Waals surface area contributed by atoms with Gasteiger partial charge in [0.15, 0.2) is 0 Å². The Kier molecular flexibility index (Phi) is 5.61. The molecule has 0 aliphatic carbocycles. The van der Waals surface area contributed by atoms with E-state index >= 15 is 0 Å². The Labute approximate surface area is 129 Å². The summed E-state index contributed by atoms with van der Waals surface area (Å²) in [7, 11) is 1.52. The van der Waals surface area contributed by atoms with Crippen LogP contribution in [0.1, 0.15) is 16.8 Å². The third-order valence-corrected chi connectivity index (χ3v) is 3.57. The summed E-state index contributed by atoms with van der Waals surface area (Å²) in [5, 5.41) is 8.70. The Morgan fingerprint density at radius 3 is 3.09 bits per heavy atom. The molecule has 2 rings (SSSR count). The van der Waals surface area contributed by atoms with Crippen molar-refractivity contribution in [2.24, 2.45) is 0 Å². The zero-order valence-electron chi connectivity index (χ0n) is 12.5. The first-order valence-electron chi connectivity index (χ1n) is 7.16. The van der Waals surface area contributed by atoms with Crippen molar-refractivity contribution in [3.8, 4) is 18.1 Å². The minimum absolute atomic E-state index is 0.267. The summed E-state index contributed by atoms with van der Waals surface area (Å²) in [6, 6.07) is 4.53. The maximum Gasteiger partial charge on any atom is 0.251 e. The third-order valence-electron chi connectivity index (χ3n) is 3.57. The van der Waals surface area contributed by atoms with Crippen molar-refractivity contribution < 1.29 is 13.9 Å². The van der Waals surface area contributed by atoms with E-state index in [9.17, 15) is 9.18 Å². The molecule has 0 spiro atoms. The van der Waals surface area contributed by atoms with Crippen molar-refractivity contribution in [1.82, 2.24) is 10.6 Å². The highest BCUT2D eigenvalue weighted by molar-refractivity contribution is 5.95. The second kappa shape index (κ2) is 7.66. The molecule has 1 saturated heterocycles. The van der Waals surface area contributed by atoms with Gasteiger partial charge in [0.2, 0.25) is 0 Å². The molecule has 5 nitrogen and oxygen atoms in total. The number of methoxy groups -OCH3 is 1. The Morgan fingerprint density at radius 2 is 2.41 bits per heavy atom. The lowest BCUT2D eigenvalue weighted by atomic mass is 10.0. The molecular weight excluding hydrogens is 285 g/mol. The first-order valence-corrected chi connectivity index (χ1v) is 7.16. The van der Waals surface area contributed by atoms with Gasteiger partial charge in [-0.05, 0) is 31.2 Å². The maximum absolute atomic E-state index is 13.7. The molecule has 0 radical (unpaired) electrons. The normalized spacial score (nSPS) is 20.8. The zero-order valence-corrected chi connectivity index (χ0v) is 12.5. The largest absolute Gasteiger partial charge is 0.495 e. The summed E-state index contributed by atoms with van der Waals surface area (Å²) in [4.78, 5) is 12.2. The first kappa shape index (κ1) is 16.1. The van der Waals surface area contributed by atoms with Gasteiger partial charge in [0, 0.05) is 12.1 Å². The Morgan fingerprint density at radius 1 is 1.59 bits per heavy atom. The van der Waals surface area contributed by atoms with E-state index in [2.05, 4.69) is 21.9 Å². The lowest BCUT2D eigenvalue weighted by molar-refractivity contribution is 0.0892. The van der Waals surface area contributed by atoms with Crippen LogP contribution in [0.25, 0.3) is 0 Å². The molecular formula is C16H20FN3O2. The summed E-state index contributed by atoms with van der Waals surface area (Å²) in [5.41, 5.74) is 1.14. The number of nitrogens with one attached hydrogen (secondary N) is 3. The fraction of sp³-hybridized carbons (Fsp3) is 0.438. The fourth-order valence-corrected chi connectivity index (χ4v) is 2.36. The lowest BCUT2D eigenvalue weighted by Gasteiger charge is -2.27. The molecule has 118 valence electrons. The van der Waals surface area contributed by atoms with Crippen molar-refractivity contribution in [2.45, 2.75) is 18.6 Å². The predicted octanol–water partition coefficient (Wildman–Crippen LogP) is 1.17. The van der Waals surface area contributed by atoms with Crippen molar-refractivity contribution in [1.29, 1.82) is 0 Å². The van der Waals surface area contributed by atoms with Gasteiger partial charge in [-0.1, -0.05) is 5.92 Å². The summed E-state index contributed by atoms with van der Waals surface area (Å²) >= 11 is 0. The molecule has 22 heavy (non-hydrogen) atoms. The third kappa shape index (κ3) is 3.89. The van der Waals surface area contributed by atoms with Crippen molar-refractivity contribution in [3.05, 3.63) is 23.8 Å². The van der Waals surface area contributed by atoms with Crippen LogP contribution in [0.4, 0.5) is 10.1 Å². The standard InChI is InChI=1S/C16H20FN3O2/c1-3-7-19-14-5-4-11(9-15(14)22-2)16(21)20-13-6-8-18-10-12(13)17/h1,4-5,9,12-13,18-19H,6-8,10H2,2H3,(H,20,21). The van der Waals surface area contributed by atoms with Crippen LogP contribution in [-0.4, -0.2) is 44.9 Å². The molecule has 2 unspecified atom stereocenters. The average molecular weight is 305 g/mol. The molecule has 1 aromatic rings. The van der Waals surface area contributed by atoms with Gasteiger partial charge in [0.25, 0.3) is 5.91 Å². The number of amides is 1. The number of ether oxygens (including phenoxy) is 1. The minimum atomic E-state index is -1.07. The van der Waals surface area contributed by atoms with Crippen LogP contribution in [0.2, 0.25) is 0 Å². The number of carbonyl (C=O) groups excluding carboxylic acids is 1. The number of anilines is 1. The smallest absolute Gasteiger partial charge is 0.251 e. The molecule has 6 heteroatoms. The van der Waals surface area contributed by atoms with Crippen LogP contribution in [0, 0.1) is 12.3 Å². The minimum Gasteiger partial charge on any atom is -0.495 e. The molecule has 0 aromatic heterocycles. The molecule has 3 N–H and O–H groups in total. The topological polar surface area (TPSA) is 62.4 Å². The highest BCUT2D eigenvalue weighted by atomic mass is 19.1. The monoisotopic (exact) mass is 305 g/mol. The van der Waals surface area contributed by atoms with Crippen molar-refractivity contribution >= 4 is 11.6 Å². The molecule has 0 saturated carbocycles. The number of carbonyl (C=O) groups is 1. The molecule has 1 amide bonds. The van der Waals surface area contributed by atoms with Crippen LogP contribution in [0.15, 0.2) is 18.2 Å². The van der Waals surface area contributed by atoms with Gasteiger partial charge < -0.3 is 20.7 Å². The van der Waals surface area contributed by atoms with Gasteiger partial charge in [-0.25, -0.2) is 4.39 Å². The summed E-state index contributed by atoms with van der Waals surface area (Å²) in [5.74, 6) is 2.68. The van der Waals surface area contributed by atoms with Crippen molar-refractivity contribution in [3.63, 3.8) is 0 Å². The summed E-state index contributed by atoms with van der Waals surface area (Å²) in [6.45, 7) is 1.33. The molecule has 1 aromatic carbocycles. The second-order valence-electron chi connectivity index (χ2n) is 5.06. The molecule has 1 aliphatic heterocycles. The average Bonchev–Trinajstić information content (AvgIpc) is 2.54. The number of alkyl halides is 1. The number of terminal acetylenes is 1. The SMILES string of the molecule is C#CCNc1ccc(C(=O)NC2CCNCC2F)cc1OC. The highest BCUT2D eigenvalue weighted by Crippen LogP contribution is 2.25. The van der Waals surface area contributed by atoms with E-state index in [1.165, 1.54) is 7.11 Å². The van der Waals surface area contributed by atoms with E-state index in [-0.39, 0.29) is 12.5 Å². The van der Waals surface area contributed by atoms with E-state index in [4.69, 9.17) is 11.2 Å². The Balaban J connectivity index is 2.07.